The second-order valence-corrected chi connectivity index (χ2v) is 3.35. The molecule has 0 amide bonds. The molecule has 0 radical (unpaired) electrons. The molecule has 1 rings (SSSR count). The normalized spacial score (nSPS) is 9.82. The SMILES string of the molecule is COC(=O)CCC(=O)c1ccc(F)c(OC)c1. The molecule has 0 N–H and O–H groups in total. The van der Waals surface area contributed by atoms with E-state index >= 15 is 0 Å². The van der Waals surface area contributed by atoms with Crippen molar-refractivity contribution in [2.45, 2.75) is 12.8 Å². The lowest BCUT2D eigenvalue weighted by atomic mass is 10.1. The third-order valence-corrected chi connectivity index (χ3v) is 2.26. The Hall–Kier alpha value is -1.91. The Kier molecular flexibility index (Phi) is 4.63. The van der Waals surface area contributed by atoms with E-state index in [1.165, 1.54) is 26.4 Å². The Labute approximate surface area is 98.3 Å². The molecule has 0 fully saturated rings. The summed E-state index contributed by atoms with van der Waals surface area (Å²) >= 11 is 0. The number of rotatable bonds is 5. The molecule has 92 valence electrons. The van der Waals surface area contributed by atoms with Crippen molar-refractivity contribution in [3.05, 3.63) is 29.6 Å². The van der Waals surface area contributed by atoms with Crippen LogP contribution in [0.3, 0.4) is 0 Å². The second-order valence-electron chi connectivity index (χ2n) is 3.35. The van der Waals surface area contributed by atoms with Crippen LogP contribution >= 0.6 is 0 Å². The first-order chi connectivity index (χ1) is 8.08. The second kappa shape index (κ2) is 5.98. The van der Waals surface area contributed by atoms with E-state index in [0.29, 0.717) is 5.56 Å². The minimum atomic E-state index is -0.531. The Bertz CT molecular complexity index is 429. The first-order valence-corrected chi connectivity index (χ1v) is 5.02. The van der Waals surface area contributed by atoms with Gasteiger partial charge in [-0.3, -0.25) is 9.59 Å². The summed E-state index contributed by atoms with van der Waals surface area (Å²) < 4.78 is 22.3. The van der Waals surface area contributed by atoms with Crippen LogP contribution in [0.25, 0.3) is 0 Å². The number of esters is 1. The molecule has 1 aromatic carbocycles. The zero-order valence-corrected chi connectivity index (χ0v) is 9.66. The van der Waals surface area contributed by atoms with Crippen LogP contribution in [0.5, 0.6) is 5.75 Å². The van der Waals surface area contributed by atoms with Gasteiger partial charge in [-0.2, -0.15) is 0 Å². The van der Waals surface area contributed by atoms with Crippen molar-refractivity contribution in [1.82, 2.24) is 0 Å². The minimum absolute atomic E-state index is 0.00826. The molecule has 0 aliphatic carbocycles. The summed E-state index contributed by atoms with van der Waals surface area (Å²) in [5, 5.41) is 0. The molecule has 5 heteroatoms. The molecule has 17 heavy (non-hydrogen) atoms. The predicted molar refractivity (Wildman–Crippen MR) is 58.5 cm³/mol. The van der Waals surface area contributed by atoms with E-state index in [9.17, 15) is 14.0 Å². The maximum absolute atomic E-state index is 13.1. The monoisotopic (exact) mass is 240 g/mol. The van der Waals surface area contributed by atoms with Crippen LogP contribution in [-0.2, 0) is 9.53 Å². The van der Waals surface area contributed by atoms with Crippen LogP contribution in [0, 0.1) is 5.82 Å². The van der Waals surface area contributed by atoms with Crippen LogP contribution in [0.15, 0.2) is 18.2 Å². The summed E-state index contributed by atoms with van der Waals surface area (Å²) in [6, 6.07) is 3.83. The lowest BCUT2D eigenvalue weighted by Gasteiger charge is -2.04. The Balaban J connectivity index is 2.72. The lowest BCUT2D eigenvalue weighted by molar-refractivity contribution is -0.140. The molecule has 0 bridgehead atoms. The Morgan fingerprint density at radius 1 is 1.24 bits per heavy atom. The third kappa shape index (κ3) is 3.55. The third-order valence-electron chi connectivity index (χ3n) is 2.26. The van der Waals surface area contributed by atoms with Gasteiger partial charge in [0.15, 0.2) is 17.3 Å². The van der Waals surface area contributed by atoms with Crippen LogP contribution in [-0.4, -0.2) is 26.0 Å². The minimum Gasteiger partial charge on any atom is -0.494 e. The molecule has 0 saturated heterocycles. The first kappa shape index (κ1) is 13.2. The largest absolute Gasteiger partial charge is 0.494 e. The van der Waals surface area contributed by atoms with E-state index in [2.05, 4.69) is 4.74 Å². The van der Waals surface area contributed by atoms with Crippen molar-refractivity contribution in [2.24, 2.45) is 0 Å². The van der Waals surface area contributed by atoms with Gasteiger partial charge in [-0.05, 0) is 18.2 Å². The quantitative estimate of drug-likeness (QED) is 0.583. The van der Waals surface area contributed by atoms with Crippen molar-refractivity contribution >= 4 is 11.8 Å². The number of carbonyl (C=O) groups is 2. The van der Waals surface area contributed by atoms with Crippen LogP contribution in [0.4, 0.5) is 4.39 Å². The number of methoxy groups -OCH3 is 2. The predicted octanol–water partition coefficient (Wildman–Crippen LogP) is 1.97. The molecule has 0 aliphatic rings. The van der Waals surface area contributed by atoms with Gasteiger partial charge in [-0.25, -0.2) is 4.39 Å². The van der Waals surface area contributed by atoms with Gasteiger partial charge in [0.2, 0.25) is 0 Å². The highest BCUT2D eigenvalue weighted by Gasteiger charge is 2.12. The number of ether oxygens (including phenoxy) is 2. The summed E-state index contributed by atoms with van der Waals surface area (Å²) in [5.41, 5.74) is 0.312. The van der Waals surface area contributed by atoms with Crippen molar-refractivity contribution in [3.63, 3.8) is 0 Å². The number of ketones is 1. The molecular formula is C12H13FO4. The maximum Gasteiger partial charge on any atom is 0.305 e. The summed E-state index contributed by atoms with van der Waals surface area (Å²) in [4.78, 5) is 22.5. The number of hydrogen-bond acceptors (Lipinski definition) is 4. The number of benzene rings is 1. The van der Waals surface area contributed by atoms with E-state index in [0.717, 1.165) is 6.07 Å². The standard InChI is InChI=1S/C12H13FO4/c1-16-11-7-8(3-4-9(11)13)10(14)5-6-12(15)17-2/h3-4,7H,5-6H2,1-2H3. The number of carbonyl (C=O) groups excluding carboxylic acids is 2. The highest BCUT2D eigenvalue weighted by Crippen LogP contribution is 2.19. The van der Waals surface area contributed by atoms with Gasteiger partial charge in [-0.15, -0.1) is 0 Å². The molecule has 0 spiro atoms. The zero-order chi connectivity index (χ0) is 12.8. The van der Waals surface area contributed by atoms with Crippen molar-refractivity contribution in [3.8, 4) is 5.75 Å². The van der Waals surface area contributed by atoms with E-state index in [4.69, 9.17) is 4.74 Å². The van der Waals surface area contributed by atoms with E-state index in [-0.39, 0.29) is 24.4 Å². The van der Waals surface area contributed by atoms with E-state index in [1.54, 1.807) is 0 Å². The van der Waals surface area contributed by atoms with Crippen LogP contribution < -0.4 is 4.74 Å². The number of Topliss-reactive ketones (excluding diaryl/α,β-unsaturated/α-hetero) is 1. The smallest absolute Gasteiger partial charge is 0.305 e. The molecule has 0 saturated carbocycles. The average molecular weight is 240 g/mol. The van der Waals surface area contributed by atoms with Crippen molar-refractivity contribution < 1.29 is 23.5 Å². The highest BCUT2D eigenvalue weighted by molar-refractivity contribution is 5.97. The van der Waals surface area contributed by atoms with Crippen molar-refractivity contribution in [1.29, 1.82) is 0 Å². The molecule has 0 heterocycles. The van der Waals surface area contributed by atoms with Gasteiger partial charge in [0.1, 0.15) is 0 Å². The van der Waals surface area contributed by atoms with Gasteiger partial charge in [-0.1, -0.05) is 0 Å². The molecule has 0 aliphatic heterocycles. The number of hydrogen-bond donors (Lipinski definition) is 0. The maximum atomic E-state index is 13.1. The molecule has 0 aromatic heterocycles. The van der Waals surface area contributed by atoms with Gasteiger partial charge in [0.05, 0.1) is 20.6 Å². The molecule has 4 nitrogen and oxygen atoms in total. The van der Waals surface area contributed by atoms with Crippen molar-refractivity contribution in [2.75, 3.05) is 14.2 Å². The highest BCUT2D eigenvalue weighted by atomic mass is 19.1. The molecule has 0 unspecified atom stereocenters. The topological polar surface area (TPSA) is 52.6 Å². The Morgan fingerprint density at radius 3 is 2.53 bits per heavy atom. The lowest BCUT2D eigenvalue weighted by Crippen LogP contribution is -2.06. The fourth-order valence-corrected chi connectivity index (χ4v) is 1.30. The van der Waals surface area contributed by atoms with E-state index < -0.39 is 11.8 Å². The average Bonchev–Trinajstić information content (AvgIpc) is 2.35. The zero-order valence-electron chi connectivity index (χ0n) is 9.66. The van der Waals surface area contributed by atoms with Crippen LogP contribution in [0.2, 0.25) is 0 Å². The van der Waals surface area contributed by atoms with Gasteiger partial charge in [0.25, 0.3) is 0 Å². The van der Waals surface area contributed by atoms with Gasteiger partial charge >= 0.3 is 5.97 Å². The summed E-state index contributed by atoms with van der Waals surface area (Å²) in [6.07, 6.45) is 0.0382. The molecule has 1 aromatic rings. The first-order valence-electron chi connectivity index (χ1n) is 5.02. The van der Waals surface area contributed by atoms with Gasteiger partial charge in [0, 0.05) is 12.0 Å². The van der Waals surface area contributed by atoms with Crippen LogP contribution in [0.1, 0.15) is 23.2 Å². The molecule has 0 atom stereocenters. The Morgan fingerprint density at radius 2 is 1.94 bits per heavy atom. The fourth-order valence-electron chi connectivity index (χ4n) is 1.30. The fraction of sp³-hybridized carbons (Fsp3) is 0.333. The van der Waals surface area contributed by atoms with Gasteiger partial charge < -0.3 is 9.47 Å². The van der Waals surface area contributed by atoms with E-state index in [1.807, 2.05) is 0 Å². The molecular weight excluding hydrogens is 227 g/mol. The number of halogens is 1. The summed E-state index contributed by atoms with van der Waals surface area (Å²) in [6.45, 7) is 0. The summed E-state index contributed by atoms with van der Waals surface area (Å²) in [7, 11) is 2.58. The summed E-state index contributed by atoms with van der Waals surface area (Å²) in [5.74, 6) is -1.23.